The van der Waals surface area contributed by atoms with Gasteiger partial charge in [0.15, 0.2) is 5.78 Å². The van der Waals surface area contributed by atoms with Crippen LogP contribution in [0.25, 0.3) is 5.00 Å². The van der Waals surface area contributed by atoms with Crippen molar-refractivity contribution in [2.75, 3.05) is 13.2 Å². The third kappa shape index (κ3) is 5.40. The van der Waals surface area contributed by atoms with E-state index in [2.05, 4.69) is 0 Å². The molecule has 5 nitrogen and oxygen atoms in total. The van der Waals surface area contributed by atoms with E-state index in [1.165, 1.54) is 34.1 Å². The molecule has 3 rings (SSSR count). The Morgan fingerprint density at radius 3 is 2.79 bits per heavy atom. The minimum Gasteiger partial charge on any atom is -0.493 e. The average Bonchev–Trinajstić information content (AvgIpc) is 3.08. The van der Waals surface area contributed by atoms with Gasteiger partial charge >= 0.3 is 0 Å². The van der Waals surface area contributed by atoms with Gasteiger partial charge in [-0.2, -0.15) is 0 Å². The van der Waals surface area contributed by atoms with Gasteiger partial charge in [0.05, 0.1) is 11.5 Å². The van der Waals surface area contributed by atoms with Crippen LogP contribution in [0, 0.1) is 12.7 Å². The van der Waals surface area contributed by atoms with Gasteiger partial charge < -0.3 is 9.84 Å². The number of benzene rings is 1. The fraction of sp³-hybridized carbons (Fsp3) is 0.273. The van der Waals surface area contributed by atoms with Crippen LogP contribution in [0.1, 0.15) is 33.6 Å². The highest BCUT2D eigenvalue weighted by atomic mass is 32.1. The Balaban J connectivity index is 1.72. The standard InChI is InChI=1S/C22H22FNO4S/c1-15-12-21(24-9-8-18(14-20(24)27)28-11-3-10-25)29-22(15)19(26)7-6-16-4-2-5-17(23)13-16/h2,4-5,8-9,12-14,25H,3,6-7,10-11H2,1H3. The molecule has 0 saturated heterocycles. The van der Waals surface area contributed by atoms with Crippen LogP contribution in [-0.2, 0) is 6.42 Å². The van der Waals surface area contributed by atoms with Crippen LogP contribution in [0.15, 0.2) is 53.5 Å². The molecule has 3 aromatic rings. The lowest BCUT2D eigenvalue weighted by Gasteiger charge is -2.06. The van der Waals surface area contributed by atoms with E-state index in [4.69, 9.17) is 9.84 Å². The minimum absolute atomic E-state index is 0.0278. The van der Waals surface area contributed by atoms with Gasteiger partial charge in [-0.15, -0.1) is 11.3 Å². The fourth-order valence-corrected chi connectivity index (χ4v) is 4.04. The molecule has 0 unspecified atom stereocenters. The average molecular weight is 415 g/mol. The molecular formula is C22H22FNO4S. The molecule has 152 valence electrons. The first-order valence-electron chi connectivity index (χ1n) is 9.33. The number of aliphatic hydroxyl groups is 1. The van der Waals surface area contributed by atoms with E-state index in [1.807, 2.05) is 13.0 Å². The number of hydrogen-bond acceptors (Lipinski definition) is 5. The molecule has 0 saturated carbocycles. The lowest BCUT2D eigenvalue weighted by atomic mass is 10.1. The monoisotopic (exact) mass is 415 g/mol. The lowest BCUT2D eigenvalue weighted by Crippen LogP contribution is -2.16. The molecule has 29 heavy (non-hydrogen) atoms. The molecule has 2 aromatic heterocycles. The van der Waals surface area contributed by atoms with E-state index in [0.717, 1.165) is 11.1 Å². The van der Waals surface area contributed by atoms with E-state index < -0.39 is 0 Å². The number of carbonyl (C=O) groups is 1. The summed E-state index contributed by atoms with van der Waals surface area (Å²) in [6.07, 6.45) is 2.84. The summed E-state index contributed by atoms with van der Waals surface area (Å²) in [6, 6.07) is 11.1. The largest absolute Gasteiger partial charge is 0.493 e. The minimum atomic E-state index is -0.312. The van der Waals surface area contributed by atoms with Crippen LogP contribution in [0.2, 0.25) is 0 Å². The van der Waals surface area contributed by atoms with Crippen LogP contribution in [0.3, 0.4) is 0 Å². The Bertz CT molecular complexity index is 1060. The molecule has 0 amide bonds. The highest BCUT2D eigenvalue weighted by Gasteiger charge is 2.15. The Kier molecular flexibility index (Phi) is 6.95. The van der Waals surface area contributed by atoms with Crippen molar-refractivity contribution in [1.29, 1.82) is 0 Å². The van der Waals surface area contributed by atoms with Crippen molar-refractivity contribution in [1.82, 2.24) is 4.57 Å². The summed E-state index contributed by atoms with van der Waals surface area (Å²) in [6.45, 7) is 2.20. The van der Waals surface area contributed by atoms with E-state index in [-0.39, 0.29) is 30.2 Å². The summed E-state index contributed by atoms with van der Waals surface area (Å²) in [5.74, 6) is 0.104. The van der Waals surface area contributed by atoms with E-state index in [9.17, 15) is 14.0 Å². The maximum Gasteiger partial charge on any atom is 0.259 e. The topological polar surface area (TPSA) is 68.5 Å². The molecule has 0 aliphatic heterocycles. The molecule has 2 heterocycles. The maximum atomic E-state index is 13.3. The van der Waals surface area contributed by atoms with Gasteiger partial charge in [-0.05, 0) is 48.7 Å². The van der Waals surface area contributed by atoms with E-state index in [0.29, 0.717) is 35.1 Å². The first kappa shape index (κ1) is 21.0. The zero-order valence-electron chi connectivity index (χ0n) is 16.1. The second-order valence-electron chi connectivity index (χ2n) is 6.65. The number of halogens is 1. The number of thiophene rings is 1. The molecule has 0 aliphatic carbocycles. The molecular weight excluding hydrogens is 393 g/mol. The molecule has 0 atom stereocenters. The van der Waals surface area contributed by atoms with Crippen molar-refractivity contribution in [3.05, 3.63) is 80.8 Å². The SMILES string of the molecule is Cc1cc(-n2ccc(OCCCO)cc2=O)sc1C(=O)CCc1cccc(F)c1. The lowest BCUT2D eigenvalue weighted by molar-refractivity contribution is 0.0986. The van der Waals surface area contributed by atoms with Crippen LogP contribution >= 0.6 is 11.3 Å². The summed E-state index contributed by atoms with van der Waals surface area (Å²) in [7, 11) is 0. The second kappa shape index (κ2) is 9.62. The number of ketones is 1. The number of rotatable bonds is 9. The molecule has 1 N–H and O–H groups in total. The Hall–Kier alpha value is -2.77. The highest BCUT2D eigenvalue weighted by Crippen LogP contribution is 2.26. The van der Waals surface area contributed by atoms with Gasteiger partial charge in [-0.3, -0.25) is 14.2 Å². The van der Waals surface area contributed by atoms with Crippen molar-refractivity contribution in [3.63, 3.8) is 0 Å². The first-order valence-corrected chi connectivity index (χ1v) is 10.1. The third-order valence-corrected chi connectivity index (χ3v) is 5.66. The maximum absolute atomic E-state index is 13.3. The summed E-state index contributed by atoms with van der Waals surface area (Å²) < 4.78 is 20.2. The number of aryl methyl sites for hydroxylation is 2. The Morgan fingerprint density at radius 1 is 1.24 bits per heavy atom. The molecule has 0 fully saturated rings. The Labute approximate surface area is 172 Å². The van der Waals surface area contributed by atoms with Gasteiger partial charge in [0.25, 0.3) is 5.56 Å². The predicted molar refractivity (Wildman–Crippen MR) is 111 cm³/mol. The number of aromatic nitrogens is 1. The highest BCUT2D eigenvalue weighted by molar-refractivity contribution is 7.16. The molecule has 0 radical (unpaired) electrons. The normalized spacial score (nSPS) is 10.9. The summed E-state index contributed by atoms with van der Waals surface area (Å²) in [5, 5.41) is 9.45. The number of ether oxygens (including phenoxy) is 1. The number of hydrogen-bond donors (Lipinski definition) is 1. The van der Waals surface area contributed by atoms with Gasteiger partial charge in [0.2, 0.25) is 0 Å². The molecule has 1 aromatic carbocycles. The molecule has 0 aliphatic rings. The molecule has 0 bridgehead atoms. The summed E-state index contributed by atoms with van der Waals surface area (Å²) in [4.78, 5) is 25.7. The van der Waals surface area contributed by atoms with Gasteiger partial charge in [-0.1, -0.05) is 12.1 Å². The van der Waals surface area contributed by atoms with E-state index in [1.54, 1.807) is 24.4 Å². The number of Topliss-reactive ketones (excluding diaryl/α,β-unsaturated/α-hetero) is 1. The van der Waals surface area contributed by atoms with Crippen molar-refractivity contribution < 1.29 is 19.0 Å². The quantitative estimate of drug-likeness (QED) is 0.425. The summed E-state index contributed by atoms with van der Waals surface area (Å²) >= 11 is 1.27. The zero-order chi connectivity index (χ0) is 20.8. The zero-order valence-corrected chi connectivity index (χ0v) is 16.9. The first-order chi connectivity index (χ1) is 14.0. The van der Waals surface area contributed by atoms with Crippen LogP contribution < -0.4 is 10.3 Å². The Morgan fingerprint density at radius 2 is 2.07 bits per heavy atom. The number of pyridine rings is 1. The fourth-order valence-electron chi connectivity index (χ4n) is 2.91. The van der Waals surface area contributed by atoms with Crippen LogP contribution in [-0.4, -0.2) is 28.7 Å². The predicted octanol–water partition coefficient (Wildman–Crippen LogP) is 3.92. The smallest absolute Gasteiger partial charge is 0.259 e. The van der Waals surface area contributed by atoms with Crippen molar-refractivity contribution >= 4 is 17.1 Å². The number of carbonyl (C=O) groups excluding carboxylic acids is 1. The number of nitrogens with zero attached hydrogens (tertiary/aromatic N) is 1. The van der Waals surface area contributed by atoms with Gasteiger partial charge in [-0.25, -0.2) is 4.39 Å². The summed E-state index contributed by atoms with van der Waals surface area (Å²) in [5.41, 5.74) is 1.33. The third-order valence-electron chi connectivity index (χ3n) is 4.39. The van der Waals surface area contributed by atoms with Crippen molar-refractivity contribution in [2.24, 2.45) is 0 Å². The van der Waals surface area contributed by atoms with Crippen molar-refractivity contribution in [2.45, 2.75) is 26.2 Å². The molecule has 0 spiro atoms. The van der Waals surface area contributed by atoms with Gasteiger partial charge in [0, 0.05) is 31.7 Å². The molecule has 7 heteroatoms. The second-order valence-corrected chi connectivity index (χ2v) is 7.68. The van der Waals surface area contributed by atoms with Crippen LogP contribution in [0.4, 0.5) is 4.39 Å². The number of aliphatic hydroxyl groups excluding tert-OH is 1. The van der Waals surface area contributed by atoms with Crippen molar-refractivity contribution in [3.8, 4) is 10.8 Å². The van der Waals surface area contributed by atoms with Crippen LogP contribution in [0.5, 0.6) is 5.75 Å². The van der Waals surface area contributed by atoms with Gasteiger partial charge in [0.1, 0.15) is 16.6 Å². The van der Waals surface area contributed by atoms with E-state index >= 15 is 0 Å².